The molecule has 1 aliphatic carbocycles. The Morgan fingerprint density at radius 2 is 1.86 bits per heavy atom. The molecule has 5 rings (SSSR count). The van der Waals surface area contributed by atoms with E-state index in [2.05, 4.69) is 10.3 Å². The van der Waals surface area contributed by atoms with E-state index in [1.807, 2.05) is 19.1 Å². The fourth-order valence-corrected chi connectivity index (χ4v) is 3.90. The predicted octanol–water partition coefficient (Wildman–Crippen LogP) is 2.40. The van der Waals surface area contributed by atoms with Crippen molar-refractivity contribution in [2.75, 3.05) is 26.2 Å². The molecule has 7 nitrogen and oxygen atoms in total. The number of nitrogens with one attached hydrogen (secondary N) is 1. The maximum atomic E-state index is 11.0. The Balaban J connectivity index is 0.000000134. The molecule has 152 valence electrons. The van der Waals surface area contributed by atoms with Crippen LogP contribution in [0, 0.1) is 25.7 Å². The van der Waals surface area contributed by atoms with Crippen molar-refractivity contribution in [2.24, 2.45) is 17.6 Å². The number of hydrogen-bond donors (Lipinski definition) is 2. The minimum Gasteiger partial charge on any atom is -0.432 e. The Bertz CT molecular complexity index is 816. The van der Waals surface area contributed by atoms with Gasteiger partial charge in [-0.3, -0.25) is 9.59 Å². The molecule has 0 bridgehead atoms. The summed E-state index contributed by atoms with van der Waals surface area (Å²) in [5.41, 5.74) is 7.22. The van der Waals surface area contributed by atoms with Crippen molar-refractivity contribution in [3.63, 3.8) is 0 Å². The summed E-state index contributed by atoms with van der Waals surface area (Å²) in [4.78, 5) is 26.9. The maximum absolute atomic E-state index is 11.0. The number of carbonyl (C=O) groups excluding carboxylic acids is 2. The molecule has 28 heavy (non-hydrogen) atoms. The molecule has 0 aromatic carbocycles. The van der Waals surface area contributed by atoms with Crippen LogP contribution in [-0.4, -0.2) is 48.4 Å². The van der Waals surface area contributed by atoms with E-state index in [0.717, 1.165) is 48.0 Å². The number of likely N-dealkylation sites (tertiary alicyclic amines) is 1. The first-order valence-electron chi connectivity index (χ1n) is 10.1. The summed E-state index contributed by atoms with van der Waals surface area (Å²) in [6, 6.07) is 3.75. The van der Waals surface area contributed by atoms with Gasteiger partial charge >= 0.3 is 0 Å². The average molecular weight is 386 g/mol. The number of nitrogens with zero attached hydrogens (tertiary/aromatic N) is 2. The fraction of sp³-hybridized carbons (Fsp3) is 0.571. The Morgan fingerprint density at radius 1 is 1.21 bits per heavy atom. The minimum absolute atomic E-state index is 0.193. The van der Waals surface area contributed by atoms with Gasteiger partial charge in [0.1, 0.15) is 0 Å². The van der Waals surface area contributed by atoms with Crippen LogP contribution in [0.5, 0.6) is 0 Å². The number of rotatable bonds is 2. The number of amides is 2. The number of pyridine rings is 1. The van der Waals surface area contributed by atoms with Gasteiger partial charge in [-0.2, -0.15) is 0 Å². The smallest absolute Gasteiger partial charge is 0.284 e. The molecule has 2 unspecified atom stereocenters. The Labute approximate surface area is 165 Å². The topological polar surface area (TPSA) is 101 Å². The largest absolute Gasteiger partial charge is 0.432 e. The minimum atomic E-state index is -0.557. The van der Waals surface area contributed by atoms with Crippen LogP contribution in [-0.2, 0) is 4.79 Å². The van der Waals surface area contributed by atoms with Crippen LogP contribution >= 0.6 is 0 Å². The summed E-state index contributed by atoms with van der Waals surface area (Å²) in [5, 5.41) is 4.22. The van der Waals surface area contributed by atoms with Gasteiger partial charge in [0.25, 0.3) is 5.91 Å². The van der Waals surface area contributed by atoms with E-state index in [4.69, 9.17) is 10.2 Å². The number of nitrogens with two attached hydrogens (primary N) is 1. The lowest BCUT2D eigenvalue weighted by Gasteiger charge is -2.28. The van der Waals surface area contributed by atoms with Gasteiger partial charge in [-0.25, -0.2) is 4.98 Å². The summed E-state index contributed by atoms with van der Waals surface area (Å²) >= 11 is 0. The van der Waals surface area contributed by atoms with Crippen molar-refractivity contribution >= 4 is 23.4 Å². The summed E-state index contributed by atoms with van der Waals surface area (Å²) in [7, 11) is 0. The van der Waals surface area contributed by atoms with Crippen LogP contribution in [0.25, 0.3) is 11.1 Å². The van der Waals surface area contributed by atoms with Crippen molar-refractivity contribution in [3.8, 4) is 0 Å². The number of hydrogen-bond acceptors (Lipinski definition) is 5. The molecule has 2 atom stereocenters. The lowest BCUT2D eigenvalue weighted by Crippen LogP contribution is -2.22. The van der Waals surface area contributed by atoms with Crippen molar-refractivity contribution in [3.05, 3.63) is 29.2 Å². The van der Waals surface area contributed by atoms with Crippen LogP contribution in [0.15, 0.2) is 16.5 Å². The third kappa shape index (κ3) is 4.70. The second-order valence-corrected chi connectivity index (χ2v) is 7.83. The third-order valence-electron chi connectivity index (χ3n) is 5.84. The van der Waals surface area contributed by atoms with Gasteiger partial charge < -0.3 is 20.4 Å². The third-order valence-corrected chi connectivity index (χ3v) is 5.84. The van der Waals surface area contributed by atoms with E-state index in [-0.39, 0.29) is 5.76 Å². The molecule has 3 aliphatic rings. The molecule has 7 heteroatoms. The van der Waals surface area contributed by atoms with E-state index < -0.39 is 5.91 Å². The highest BCUT2D eigenvalue weighted by Gasteiger charge is 2.34. The SMILES string of the molecule is C1CC2CNCC12.Cc1ccc2c(C)c(C(N)=O)oc2n1.O=CN1CCCC1. The zero-order valence-corrected chi connectivity index (χ0v) is 16.7. The van der Waals surface area contributed by atoms with Crippen LogP contribution in [0.2, 0.25) is 0 Å². The molecule has 0 spiro atoms. The highest BCUT2D eigenvalue weighted by atomic mass is 16.4. The van der Waals surface area contributed by atoms with Gasteiger partial charge in [-0.05, 0) is 76.6 Å². The highest BCUT2D eigenvalue weighted by Crippen LogP contribution is 2.36. The molecule has 4 heterocycles. The average Bonchev–Trinajstić information content (AvgIpc) is 3.36. The number of aromatic nitrogens is 1. The maximum Gasteiger partial charge on any atom is 0.284 e. The van der Waals surface area contributed by atoms with E-state index in [0.29, 0.717) is 5.71 Å². The van der Waals surface area contributed by atoms with E-state index >= 15 is 0 Å². The van der Waals surface area contributed by atoms with Gasteiger partial charge in [0.2, 0.25) is 12.1 Å². The number of fused-ring (bicyclic) bond motifs is 2. The summed E-state index contributed by atoms with van der Waals surface area (Å²) < 4.78 is 5.26. The van der Waals surface area contributed by atoms with Crippen molar-refractivity contribution in [1.82, 2.24) is 15.2 Å². The standard InChI is InChI=1S/C10H10N2O2.C6H11N.C5H9NO/c1-5-3-4-7-6(2)8(9(11)13)14-10(7)12-5;1-2-6-4-7-3-5(1)6;7-5-6-3-1-2-4-6/h3-4H,1-2H3,(H2,11,13);5-7H,1-4H2;5H,1-4H2. The van der Waals surface area contributed by atoms with Crippen LogP contribution in [0.1, 0.15) is 47.5 Å². The molecule has 3 fully saturated rings. The monoisotopic (exact) mass is 386 g/mol. The highest BCUT2D eigenvalue weighted by molar-refractivity contribution is 5.97. The van der Waals surface area contributed by atoms with Gasteiger partial charge in [-0.1, -0.05) is 0 Å². The van der Waals surface area contributed by atoms with Crippen molar-refractivity contribution in [1.29, 1.82) is 0 Å². The zero-order valence-electron chi connectivity index (χ0n) is 16.7. The van der Waals surface area contributed by atoms with Crippen LogP contribution < -0.4 is 11.1 Å². The molecule has 2 aliphatic heterocycles. The van der Waals surface area contributed by atoms with Gasteiger partial charge in [-0.15, -0.1) is 0 Å². The number of carbonyl (C=O) groups is 2. The molecule has 2 aromatic rings. The second kappa shape index (κ2) is 9.19. The number of primary amides is 1. The summed E-state index contributed by atoms with van der Waals surface area (Å²) in [5.74, 6) is 1.80. The molecule has 0 radical (unpaired) electrons. The lowest BCUT2D eigenvalue weighted by atomic mass is 9.77. The normalized spacial score (nSPS) is 22.4. The van der Waals surface area contributed by atoms with Crippen molar-refractivity contribution in [2.45, 2.75) is 39.5 Å². The first-order chi connectivity index (χ1) is 13.5. The molecule has 2 aromatic heterocycles. The summed E-state index contributed by atoms with van der Waals surface area (Å²) in [6.07, 6.45) is 6.31. The van der Waals surface area contributed by atoms with E-state index in [1.165, 1.54) is 38.8 Å². The number of furan rings is 1. The van der Waals surface area contributed by atoms with Gasteiger partial charge in [0, 0.05) is 29.7 Å². The molecular formula is C21H30N4O3. The molecular weight excluding hydrogens is 356 g/mol. The zero-order chi connectivity index (χ0) is 20.1. The van der Waals surface area contributed by atoms with Crippen LogP contribution in [0.4, 0.5) is 0 Å². The fourth-order valence-electron chi connectivity index (χ4n) is 3.90. The van der Waals surface area contributed by atoms with E-state index in [9.17, 15) is 9.59 Å². The Morgan fingerprint density at radius 3 is 2.32 bits per heavy atom. The Kier molecular flexibility index (Phi) is 6.67. The Hall–Kier alpha value is -2.41. The first kappa shape index (κ1) is 20.3. The molecule has 2 saturated heterocycles. The van der Waals surface area contributed by atoms with Gasteiger partial charge in [0.05, 0.1) is 0 Å². The van der Waals surface area contributed by atoms with Gasteiger partial charge in [0.15, 0.2) is 5.76 Å². The molecule has 1 saturated carbocycles. The first-order valence-corrected chi connectivity index (χ1v) is 10.1. The number of aryl methyl sites for hydroxylation is 2. The van der Waals surface area contributed by atoms with E-state index in [1.54, 1.807) is 11.8 Å². The van der Waals surface area contributed by atoms with Crippen LogP contribution in [0.3, 0.4) is 0 Å². The predicted molar refractivity (Wildman–Crippen MR) is 108 cm³/mol. The quantitative estimate of drug-likeness (QED) is 0.772. The molecule has 3 N–H and O–H groups in total. The summed E-state index contributed by atoms with van der Waals surface area (Å²) in [6.45, 7) is 8.23. The second-order valence-electron chi connectivity index (χ2n) is 7.83. The lowest BCUT2D eigenvalue weighted by molar-refractivity contribution is -0.117. The molecule has 2 amide bonds. The van der Waals surface area contributed by atoms with Crippen molar-refractivity contribution < 1.29 is 14.0 Å².